The number of aryl methyl sites for hydroxylation is 1. The molecule has 2 aromatic rings. The number of carbonyl (C=O) groups is 1. The van der Waals surface area contributed by atoms with Gasteiger partial charge in [-0.15, -0.1) is 0 Å². The second-order valence-electron chi connectivity index (χ2n) is 4.08. The number of halogens is 1. The zero-order valence-corrected chi connectivity index (χ0v) is 11.1. The van der Waals surface area contributed by atoms with Crippen molar-refractivity contribution < 1.29 is 19.1 Å². The topological polar surface area (TPSA) is 59.7 Å². The Labute approximate surface area is 115 Å². The molecule has 0 fully saturated rings. The molecule has 0 unspecified atom stereocenters. The molecular formula is C14H13ClO4. The second kappa shape index (κ2) is 5.91. The summed E-state index contributed by atoms with van der Waals surface area (Å²) in [6, 6.07) is 8.89. The molecule has 5 heteroatoms. The third-order valence-corrected chi connectivity index (χ3v) is 3.07. The molecular weight excluding hydrogens is 268 g/mol. The average molecular weight is 281 g/mol. The molecule has 1 heterocycles. The lowest BCUT2D eigenvalue weighted by molar-refractivity contribution is 0.0661. The van der Waals surface area contributed by atoms with Crippen LogP contribution in [0.15, 0.2) is 34.7 Å². The predicted molar refractivity (Wildman–Crippen MR) is 70.3 cm³/mol. The van der Waals surface area contributed by atoms with Crippen molar-refractivity contribution in [2.24, 2.45) is 0 Å². The fraction of sp³-hybridized carbons (Fsp3) is 0.214. The quantitative estimate of drug-likeness (QED) is 0.908. The highest BCUT2D eigenvalue weighted by atomic mass is 35.5. The van der Waals surface area contributed by atoms with Crippen LogP contribution < -0.4 is 0 Å². The van der Waals surface area contributed by atoms with E-state index in [1.54, 1.807) is 13.0 Å². The minimum Gasteiger partial charge on any atom is -0.475 e. The number of rotatable bonds is 5. The first-order valence-electron chi connectivity index (χ1n) is 5.71. The van der Waals surface area contributed by atoms with Gasteiger partial charge < -0.3 is 14.3 Å². The van der Waals surface area contributed by atoms with Gasteiger partial charge in [-0.2, -0.15) is 0 Å². The van der Waals surface area contributed by atoms with Crippen LogP contribution in [0.5, 0.6) is 0 Å². The Morgan fingerprint density at radius 3 is 2.63 bits per heavy atom. The van der Waals surface area contributed by atoms with Crippen LogP contribution in [0, 0.1) is 6.92 Å². The van der Waals surface area contributed by atoms with E-state index in [1.165, 1.54) is 6.07 Å². The van der Waals surface area contributed by atoms with Gasteiger partial charge in [-0.25, -0.2) is 4.79 Å². The van der Waals surface area contributed by atoms with Crippen molar-refractivity contribution in [2.45, 2.75) is 20.1 Å². The predicted octanol–water partition coefficient (Wildman–Crippen LogP) is 3.66. The summed E-state index contributed by atoms with van der Waals surface area (Å²) in [4.78, 5) is 10.8. The van der Waals surface area contributed by atoms with E-state index >= 15 is 0 Å². The van der Waals surface area contributed by atoms with E-state index in [9.17, 15) is 4.79 Å². The van der Waals surface area contributed by atoms with Gasteiger partial charge in [0.1, 0.15) is 5.76 Å². The molecule has 1 N–H and O–H groups in total. The van der Waals surface area contributed by atoms with Gasteiger partial charge in [-0.05, 0) is 24.6 Å². The van der Waals surface area contributed by atoms with Gasteiger partial charge in [0.05, 0.1) is 13.2 Å². The number of hydrogen-bond acceptors (Lipinski definition) is 3. The average Bonchev–Trinajstić information content (AvgIpc) is 2.74. The van der Waals surface area contributed by atoms with Crippen LogP contribution in [-0.4, -0.2) is 11.1 Å². The first-order valence-corrected chi connectivity index (χ1v) is 6.09. The highest BCUT2D eigenvalue weighted by Gasteiger charge is 2.13. The van der Waals surface area contributed by atoms with Crippen molar-refractivity contribution in [1.82, 2.24) is 0 Å². The van der Waals surface area contributed by atoms with E-state index in [0.29, 0.717) is 17.4 Å². The molecule has 1 aromatic carbocycles. The van der Waals surface area contributed by atoms with Gasteiger partial charge in [0.15, 0.2) is 0 Å². The van der Waals surface area contributed by atoms with E-state index in [1.807, 2.05) is 18.2 Å². The molecule has 0 bridgehead atoms. The lowest BCUT2D eigenvalue weighted by atomic mass is 10.2. The van der Waals surface area contributed by atoms with Crippen molar-refractivity contribution in [3.63, 3.8) is 0 Å². The Morgan fingerprint density at radius 1 is 1.32 bits per heavy atom. The molecule has 4 nitrogen and oxygen atoms in total. The monoisotopic (exact) mass is 280 g/mol. The lowest BCUT2D eigenvalue weighted by Gasteiger charge is -2.05. The van der Waals surface area contributed by atoms with E-state index in [-0.39, 0.29) is 12.4 Å². The third-order valence-electron chi connectivity index (χ3n) is 2.70. The molecule has 0 radical (unpaired) electrons. The summed E-state index contributed by atoms with van der Waals surface area (Å²) in [7, 11) is 0. The molecule has 19 heavy (non-hydrogen) atoms. The largest absolute Gasteiger partial charge is 0.475 e. The number of furan rings is 1. The molecule has 0 aliphatic carbocycles. The van der Waals surface area contributed by atoms with Gasteiger partial charge >= 0.3 is 5.97 Å². The van der Waals surface area contributed by atoms with Crippen molar-refractivity contribution >= 4 is 17.6 Å². The van der Waals surface area contributed by atoms with E-state index in [0.717, 1.165) is 11.1 Å². The van der Waals surface area contributed by atoms with Crippen LogP contribution >= 0.6 is 11.6 Å². The van der Waals surface area contributed by atoms with E-state index in [2.05, 4.69) is 0 Å². The first kappa shape index (κ1) is 13.6. The first-order chi connectivity index (χ1) is 9.08. The van der Waals surface area contributed by atoms with E-state index < -0.39 is 5.97 Å². The normalized spacial score (nSPS) is 10.6. The third kappa shape index (κ3) is 3.36. The molecule has 0 saturated carbocycles. The van der Waals surface area contributed by atoms with Gasteiger partial charge in [-0.1, -0.05) is 29.8 Å². The fourth-order valence-corrected chi connectivity index (χ4v) is 1.85. The molecule has 0 aliphatic heterocycles. The summed E-state index contributed by atoms with van der Waals surface area (Å²) in [5.41, 5.74) is 1.62. The number of benzene rings is 1. The fourth-order valence-electron chi connectivity index (χ4n) is 1.65. The Balaban J connectivity index is 1.96. The molecule has 100 valence electrons. The highest BCUT2D eigenvalue weighted by Crippen LogP contribution is 2.19. The van der Waals surface area contributed by atoms with Crippen LogP contribution in [0.1, 0.15) is 27.4 Å². The standard InChI is InChI=1S/C14H13ClO4/c1-9-11(6-13(19-9)14(16)17)8-18-7-10-4-2-3-5-12(10)15/h2-6H,7-8H2,1H3,(H,16,17). The minimum absolute atomic E-state index is 0.0751. The number of hydrogen-bond donors (Lipinski definition) is 1. The lowest BCUT2D eigenvalue weighted by Crippen LogP contribution is -1.95. The smallest absolute Gasteiger partial charge is 0.371 e. The van der Waals surface area contributed by atoms with Gasteiger partial charge in [0, 0.05) is 10.6 Å². The molecule has 2 rings (SSSR count). The van der Waals surface area contributed by atoms with Crippen molar-refractivity contribution in [1.29, 1.82) is 0 Å². The summed E-state index contributed by atoms with van der Waals surface area (Å²) < 4.78 is 10.6. The van der Waals surface area contributed by atoms with Crippen LogP contribution in [-0.2, 0) is 18.0 Å². The second-order valence-corrected chi connectivity index (χ2v) is 4.49. The molecule has 0 saturated heterocycles. The molecule has 0 spiro atoms. The van der Waals surface area contributed by atoms with Gasteiger partial charge in [-0.3, -0.25) is 0 Å². The van der Waals surface area contributed by atoms with Gasteiger partial charge in [0.2, 0.25) is 5.76 Å². The Bertz CT molecular complexity index is 589. The highest BCUT2D eigenvalue weighted by molar-refractivity contribution is 6.31. The maximum atomic E-state index is 10.8. The number of carboxylic acid groups (broad SMARTS) is 1. The maximum absolute atomic E-state index is 10.8. The summed E-state index contributed by atoms with van der Waals surface area (Å²) in [6.07, 6.45) is 0. The van der Waals surface area contributed by atoms with Gasteiger partial charge in [0.25, 0.3) is 0 Å². The van der Waals surface area contributed by atoms with Crippen LogP contribution in [0.4, 0.5) is 0 Å². The Kier molecular flexibility index (Phi) is 4.24. The van der Waals surface area contributed by atoms with Crippen LogP contribution in [0.2, 0.25) is 5.02 Å². The minimum atomic E-state index is -1.08. The summed E-state index contributed by atoms with van der Waals surface area (Å²) in [5, 5.41) is 9.46. The Hall–Kier alpha value is -1.78. The number of aromatic carboxylic acids is 1. The number of carboxylic acids is 1. The Morgan fingerprint density at radius 2 is 2.00 bits per heavy atom. The van der Waals surface area contributed by atoms with E-state index in [4.69, 9.17) is 25.9 Å². The summed E-state index contributed by atoms with van der Waals surface area (Å²) >= 11 is 6.01. The zero-order chi connectivity index (χ0) is 13.8. The van der Waals surface area contributed by atoms with Crippen molar-refractivity contribution in [3.05, 3.63) is 58.0 Å². The SMILES string of the molecule is Cc1oc(C(=O)O)cc1COCc1ccccc1Cl. The van der Waals surface area contributed by atoms with Crippen LogP contribution in [0.3, 0.4) is 0 Å². The molecule has 0 atom stereocenters. The molecule has 1 aromatic heterocycles. The maximum Gasteiger partial charge on any atom is 0.371 e. The zero-order valence-electron chi connectivity index (χ0n) is 10.4. The molecule has 0 aliphatic rings. The summed E-state index contributed by atoms with van der Waals surface area (Å²) in [5.74, 6) is -0.606. The van der Waals surface area contributed by atoms with Crippen LogP contribution in [0.25, 0.3) is 0 Å². The van der Waals surface area contributed by atoms with Crippen molar-refractivity contribution in [3.8, 4) is 0 Å². The summed E-state index contributed by atoms with van der Waals surface area (Å²) in [6.45, 7) is 2.36. The molecule has 0 amide bonds. The van der Waals surface area contributed by atoms with Crippen molar-refractivity contribution in [2.75, 3.05) is 0 Å². The number of ether oxygens (including phenoxy) is 1.